The molecule has 0 aliphatic carbocycles. The van der Waals surface area contributed by atoms with E-state index >= 15 is 0 Å². The number of hydrogen-bond donors (Lipinski definition) is 2. The van der Waals surface area contributed by atoms with Crippen molar-refractivity contribution in [3.8, 4) is 17.2 Å². The second-order valence-corrected chi connectivity index (χ2v) is 5.64. The zero-order chi connectivity index (χ0) is 20.4. The molecule has 0 unspecified atom stereocenters. The molecular formula is C20H22N2O6. The highest BCUT2D eigenvalue weighted by Gasteiger charge is 2.08. The van der Waals surface area contributed by atoms with Crippen LogP contribution in [0.3, 0.4) is 0 Å². The van der Waals surface area contributed by atoms with Crippen molar-refractivity contribution in [2.75, 3.05) is 20.3 Å². The van der Waals surface area contributed by atoms with Gasteiger partial charge in [-0.05, 0) is 48.4 Å². The minimum atomic E-state index is -1.08. The number of ether oxygens (including phenoxy) is 3. The molecule has 148 valence electrons. The SMILES string of the molecule is CCOc1cc(C=NNC(=O)Cc2ccc(OC)cc2)ccc1OCC(=O)O. The van der Waals surface area contributed by atoms with Crippen LogP contribution >= 0.6 is 0 Å². The molecule has 0 aromatic heterocycles. The first-order chi connectivity index (χ1) is 13.5. The van der Waals surface area contributed by atoms with E-state index < -0.39 is 12.6 Å². The Hall–Kier alpha value is -3.55. The number of methoxy groups -OCH3 is 1. The predicted octanol–water partition coefficient (Wildman–Crippen LogP) is 2.25. The lowest BCUT2D eigenvalue weighted by Gasteiger charge is -2.11. The van der Waals surface area contributed by atoms with E-state index in [0.717, 1.165) is 11.3 Å². The van der Waals surface area contributed by atoms with Crippen LogP contribution in [0.2, 0.25) is 0 Å². The van der Waals surface area contributed by atoms with Crippen LogP contribution < -0.4 is 19.6 Å². The molecule has 2 rings (SSSR count). The zero-order valence-electron chi connectivity index (χ0n) is 15.7. The average molecular weight is 386 g/mol. The second-order valence-electron chi connectivity index (χ2n) is 5.64. The zero-order valence-corrected chi connectivity index (χ0v) is 15.7. The normalized spacial score (nSPS) is 10.5. The van der Waals surface area contributed by atoms with Crippen molar-refractivity contribution in [2.45, 2.75) is 13.3 Å². The Bertz CT molecular complexity index is 833. The lowest BCUT2D eigenvalue weighted by atomic mass is 10.1. The third-order valence-electron chi connectivity index (χ3n) is 3.55. The smallest absolute Gasteiger partial charge is 0.341 e. The fourth-order valence-corrected chi connectivity index (χ4v) is 2.28. The monoisotopic (exact) mass is 386 g/mol. The standard InChI is InChI=1S/C20H22N2O6/c1-3-27-18-10-15(6-9-17(18)28-13-20(24)25)12-21-22-19(23)11-14-4-7-16(26-2)8-5-14/h4-10,12H,3,11,13H2,1-2H3,(H,22,23)(H,24,25). The van der Waals surface area contributed by atoms with Crippen molar-refractivity contribution in [3.63, 3.8) is 0 Å². The molecule has 0 spiro atoms. The molecule has 2 aromatic carbocycles. The van der Waals surface area contributed by atoms with Gasteiger partial charge in [-0.25, -0.2) is 10.2 Å². The molecule has 28 heavy (non-hydrogen) atoms. The molecule has 8 nitrogen and oxygen atoms in total. The maximum Gasteiger partial charge on any atom is 0.341 e. The molecule has 8 heteroatoms. The van der Waals surface area contributed by atoms with E-state index in [0.29, 0.717) is 23.7 Å². The summed E-state index contributed by atoms with van der Waals surface area (Å²) in [5.41, 5.74) is 3.97. The van der Waals surface area contributed by atoms with Gasteiger partial charge in [0.05, 0.1) is 26.4 Å². The van der Waals surface area contributed by atoms with Gasteiger partial charge < -0.3 is 19.3 Å². The summed E-state index contributed by atoms with van der Waals surface area (Å²) in [4.78, 5) is 22.6. The first-order valence-corrected chi connectivity index (χ1v) is 8.58. The van der Waals surface area contributed by atoms with E-state index in [9.17, 15) is 9.59 Å². The second kappa shape index (κ2) is 10.6. The summed E-state index contributed by atoms with van der Waals surface area (Å²) < 4.78 is 15.7. The first-order valence-electron chi connectivity index (χ1n) is 8.58. The molecule has 0 heterocycles. The van der Waals surface area contributed by atoms with Gasteiger partial charge in [-0.2, -0.15) is 5.10 Å². The Labute approximate surface area is 162 Å². The molecule has 0 aliphatic rings. The third-order valence-corrected chi connectivity index (χ3v) is 3.55. The average Bonchev–Trinajstić information content (AvgIpc) is 2.68. The number of carbonyl (C=O) groups excluding carboxylic acids is 1. The van der Waals surface area contributed by atoms with E-state index in [1.807, 2.05) is 12.1 Å². The number of carboxylic acid groups (broad SMARTS) is 1. The van der Waals surface area contributed by atoms with Crippen LogP contribution in [0.15, 0.2) is 47.6 Å². The Kier molecular flexibility index (Phi) is 7.83. The number of aliphatic carboxylic acids is 1. The van der Waals surface area contributed by atoms with Crippen LogP contribution in [0.4, 0.5) is 0 Å². The van der Waals surface area contributed by atoms with Crippen LogP contribution in [-0.2, 0) is 16.0 Å². The summed E-state index contributed by atoms with van der Waals surface area (Å²) in [5.74, 6) is 0.116. The minimum Gasteiger partial charge on any atom is -0.497 e. The fourth-order valence-electron chi connectivity index (χ4n) is 2.28. The molecule has 0 aliphatic heterocycles. The molecule has 0 saturated heterocycles. The van der Waals surface area contributed by atoms with E-state index in [2.05, 4.69) is 10.5 Å². The summed E-state index contributed by atoms with van der Waals surface area (Å²) in [6.45, 7) is 1.73. The number of amides is 1. The van der Waals surface area contributed by atoms with Gasteiger partial charge in [0.15, 0.2) is 18.1 Å². The molecule has 0 atom stereocenters. The van der Waals surface area contributed by atoms with Crippen LogP contribution in [0.25, 0.3) is 0 Å². The molecule has 0 saturated carbocycles. The number of benzene rings is 2. The number of nitrogens with one attached hydrogen (secondary N) is 1. The number of hydrogen-bond acceptors (Lipinski definition) is 6. The lowest BCUT2D eigenvalue weighted by molar-refractivity contribution is -0.139. The van der Waals surface area contributed by atoms with Crippen LogP contribution in [-0.4, -0.2) is 43.5 Å². The van der Waals surface area contributed by atoms with Crippen LogP contribution in [0.1, 0.15) is 18.1 Å². The number of carboxylic acids is 1. The summed E-state index contributed by atoms with van der Waals surface area (Å²) in [6, 6.07) is 12.1. The molecule has 0 radical (unpaired) electrons. The highest BCUT2D eigenvalue weighted by Crippen LogP contribution is 2.28. The van der Waals surface area contributed by atoms with Crippen molar-refractivity contribution in [1.82, 2.24) is 5.43 Å². The largest absolute Gasteiger partial charge is 0.497 e. The highest BCUT2D eigenvalue weighted by molar-refractivity contribution is 5.84. The van der Waals surface area contributed by atoms with Crippen LogP contribution in [0, 0.1) is 0 Å². The third kappa shape index (κ3) is 6.64. The van der Waals surface area contributed by atoms with Gasteiger partial charge in [-0.15, -0.1) is 0 Å². The van der Waals surface area contributed by atoms with Crippen molar-refractivity contribution in [2.24, 2.45) is 5.10 Å². The van der Waals surface area contributed by atoms with Gasteiger partial charge in [0.1, 0.15) is 5.75 Å². The Morgan fingerprint density at radius 1 is 1.11 bits per heavy atom. The quantitative estimate of drug-likeness (QED) is 0.479. The summed E-state index contributed by atoms with van der Waals surface area (Å²) in [6.07, 6.45) is 1.66. The fraction of sp³-hybridized carbons (Fsp3) is 0.250. The Morgan fingerprint density at radius 3 is 2.50 bits per heavy atom. The molecule has 2 N–H and O–H groups in total. The van der Waals surface area contributed by atoms with Crippen molar-refractivity contribution in [3.05, 3.63) is 53.6 Å². The van der Waals surface area contributed by atoms with E-state index in [1.165, 1.54) is 6.21 Å². The van der Waals surface area contributed by atoms with Crippen molar-refractivity contribution in [1.29, 1.82) is 0 Å². The highest BCUT2D eigenvalue weighted by atomic mass is 16.5. The molecular weight excluding hydrogens is 364 g/mol. The lowest BCUT2D eigenvalue weighted by Crippen LogP contribution is -2.19. The van der Waals surface area contributed by atoms with Gasteiger partial charge in [0.2, 0.25) is 5.91 Å². The topological polar surface area (TPSA) is 106 Å². The number of rotatable bonds is 10. The van der Waals surface area contributed by atoms with Gasteiger partial charge >= 0.3 is 5.97 Å². The Morgan fingerprint density at radius 2 is 1.86 bits per heavy atom. The summed E-state index contributed by atoms with van der Waals surface area (Å²) >= 11 is 0. The predicted molar refractivity (Wildman–Crippen MR) is 103 cm³/mol. The van der Waals surface area contributed by atoms with Gasteiger partial charge in [0, 0.05) is 0 Å². The molecule has 1 amide bonds. The summed E-state index contributed by atoms with van der Waals surface area (Å²) in [7, 11) is 1.58. The van der Waals surface area contributed by atoms with E-state index in [4.69, 9.17) is 19.3 Å². The number of hydrazone groups is 1. The maximum atomic E-state index is 12.0. The number of nitrogens with zero attached hydrogens (tertiary/aromatic N) is 1. The number of carbonyl (C=O) groups is 2. The first kappa shape index (κ1) is 20.8. The van der Waals surface area contributed by atoms with E-state index in [-0.39, 0.29) is 12.3 Å². The van der Waals surface area contributed by atoms with Gasteiger partial charge in [-0.3, -0.25) is 4.79 Å². The molecule has 0 bridgehead atoms. The van der Waals surface area contributed by atoms with E-state index in [1.54, 1.807) is 44.4 Å². The maximum absolute atomic E-state index is 12.0. The van der Waals surface area contributed by atoms with Gasteiger partial charge in [-0.1, -0.05) is 12.1 Å². The summed E-state index contributed by atoms with van der Waals surface area (Å²) in [5, 5.41) is 12.7. The minimum absolute atomic E-state index is 0.188. The van der Waals surface area contributed by atoms with Crippen molar-refractivity contribution >= 4 is 18.1 Å². The van der Waals surface area contributed by atoms with Gasteiger partial charge in [0.25, 0.3) is 0 Å². The molecule has 2 aromatic rings. The molecule has 0 fully saturated rings. The van der Waals surface area contributed by atoms with Crippen LogP contribution in [0.5, 0.6) is 17.2 Å². The van der Waals surface area contributed by atoms with Crippen molar-refractivity contribution < 1.29 is 28.9 Å². The Balaban J connectivity index is 1.95.